The van der Waals surface area contributed by atoms with Gasteiger partial charge in [0.2, 0.25) is 0 Å². The molecule has 0 bridgehead atoms. The molecule has 1 unspecified atom stereocenters. The lowest BCUT2D eigenvalue weighted by molar-refractivity contribution is 1.11. The van der Waals surface area contributed by atoms with Crippen molar-refractivity contribution in [2.24, 2.45) is 0 Å². The lowest BCUT2D eigenvalue weighted by Crippen LogP contribution is -1.96. The maximum Gasteiger partial charge on any atom is 0.0857 e. The predicted octanol–water partition coefficient (Wildman–Crippen LogP) is 6.91. The normalized spacial score (nSPS) is 12.5. The Labute approximate surface area is 150 Å². The highest BCUT2D eigenvalue weighted by molar-refractivity contribution is 14.1. The van der Waals surface area contributed by atoms with Gasteiger partial charge < -0.3 is 0 Å². The Balaban J connectivity index is 2.50. The molecule has 0 N–H and O–H groups in total. The number of hydrogen-bond donors (Lipinski definition) is 0. The van der Waals surface area contributed by atoms with E-state index in [1.165, 1.54) is 3.57 Å². The molecule has 0 amide bonds. The van der Waals surface area contributed by atoms with Crippen molar-refractivity contribution in [3.8, 4) is 0 Å². The summed E-state index contributed by atoms with van der Waals surface area (Å²) in [7, 11) is 0. The van der Waals surface area contributed by atoms with E-state index in [-0.39, 0.29) is 5.38 Å². The summed E-state index contributed by atoms with van der Waals surface area (Å²) in [5.74, 6) is 0. The van der Waals surface area contributed by atoms with Gasteiger partial charge in [-0.15, -0.1) is 11.6 Å². The Hall–Kier alpha value is 0.900. The second-order valence-corrected chi connectivity index (χ2v) is 8.00. The van der Waals surface area contributed by atoms with Crippen LogP contribution < -0.4 is 0 Å². The molecule has 1 atom stereocenters. The first-order valence-electron chi connectivity index (χ1n) is 5.03. The summed E-state index contributed by atoms with van der Waals surface area (Å²) in [6.07, 6.45) is 0. The molecule has 0 spiro atoms. The van der Waals surface area contributed by atoms with Gasteiger partial charge in [0.15, 0.2) is 0 Å². The van der Waals surface area contributed by atoms with Crippen molar-refractivity contribution in [2.45, 2.75) is 5.38 Å². The predicted molar refractivity (Wildman–Crippen MR) is 96.4 cm³/mol. The van der Waals surface area contributed by atoms with Gasteiger partial charge in [-0.2, -0.15) is 0 Å². The van der Waals surface area contributed by atoms with Crippen LogP contribution in [0.25, 0.3) is 0 Å². The van der Waals surface area contributed by atoms with Crippen molar-refractivity contribution in [3.63, 3.8) is 0 Å². The molecule has 94 valence electrons. The average Bonchev–Trinajstić information content (AvgIpc) is 2.34. The summed E-state index contributed by atoms with van der Waals surface area (Å²) in [5, 5.41) is -0.194. The van der Waals surface area contributed by atoms with Crippen molar-refractivity contribution in [3.05, 3.63) is 64.5 Å². The van der Waals surface area contributed by atoms with E-state index in [2.05, 4.69) is 76.4 Å². The maximum absolute atomic E-state index is 6.60. The minimum absolute atomic E-state index is 0.194. The molecule has 0 aliphatic carbocycles. The van der Waals surface area contributed by atoms with Crippen LogP contribution in [0.3, 0.4) is 0 Å². The van der Waals surface area contributed by atoms with E-state index in [0.29, 0.717) is 0 Å². The first-order chi connectivity index (χ1) is 8.49. The molecule has 2 aromatic rings. The molecular weight excluding hydrogens is 558 g/mol. The van der Waals surface area contributed by atoms with Crippen molar-refractivity contribution in [1.29, 1.82) is 0 Å². The van der Waals surface area contributed by atoms with Gasteiger partial charge in [-0.3, -0.25) is 0 Å². The van der Waals surface area contributed by atoms with Crippen LogP contribution in [0.2, 0.25) is 0 Å². The standard InChI is InChI=1S/C13H7Br3ClI/c14-7-1-3-11(15)9(5-7)13(17)10-6-8(18)2-4-12(10)16/h1-6,13H. The number of benzene rings is 2. The van der Waals surface area contributed by atoms with Crippen LogP contribution in [-0.4, -0.2) is 0 Å². The van der Waals surface area contributed by atoms with Gasteiger partial charge in [-0.25, -0.2) is 0 Å². The highest BCUT2D eigenvalue weighted by Crippen LogP contribution is 2.38. The van der Waals surface area contributed by atoms with Crippen molar-refractivity contribution in [2.75, 3.05) is 0 Å². The van der Waals surface area contributed by atoms with Gasteiger partial charge in [0.25, 0.3) is 0 Å². The van der Waals surface area contributed by atoms with E-state index in [1.807, 2.05) is 30.3 Å². The Kier molecular flexibility index (Phi) is 5.58. The molecule has 18 heavy (non-hydrogen) atoms. The van der Waals surface area contributed by atoms with Gasteiger partial charge in [-0.05, 0) is 70.1 Å². The topological polar surface area (TPSA) is 0 Å². The van der Waals surface area contributed by atoms with E-state index < -0.39 is 0 Å². The Bertz CT molecular complexity index is 535. The number of halogens is 5. The second kappa shape index (κ2) is 6.57. The number of alkyl halides is 1. The summed E-state index contributed by atoms with van der Waals surface area (Å²) >= 11 is 19.5. The van der Waals surface area contributed by atoms with Crippen molar-refractivity contribution >= 4 is 82.0 Å². The summed E-state index contributed by atoms with van der Waals surface area (Å²) < 4.78 is 4.22. The zero-order valence-corrected chi connectivity index (χ0v) is 16.6. The monoisotopic (exact) mass is 562 g/mol. The molecule has 0 radical (unpaired) electrons. The lowest BCUT2D eigenvalue weighted by atomic mass is 10.0. The Morgan fingerprint density at radius 3 is 2.11 bits per heavy atom. The summed E-state index contributed by atoms with van der Waals surface area (Å²) in [5.41, 5.74) is 2.12. The second-order valence-electron chi connectivity index (χ2n) is 3.69. The minimum atomic E-state index is -0.194. The molecule has 5 heteroatoms. The Morgan fingerprint density at radius 1 is 0.889 bits per heavy atom. The fraction of sp³-hybridized carbons (Fsp3) is 0.0769. The van der Waals surface area contributed by atoms with Crippen LogP contribution in [-0.2, 0) is 0 Å². The SMILES string of the molecule is ClC(c1cc(Br)ccc1Br)c1cc(I)ccc1Br. The third-order valence-corrected chi connectivity index (χ3v) is 5.54. The fourth-order valence-corrected chi connectivity index (χ4v) is 4.06. The van der Waals surface area contributed by atoms with Crippen molar-refractivity contribution in [1.82, 2.24) is 0 Å². The van der Waals surface area contributed by atoms with Gasteiger partial charge >= 0.3 is 0 Å². The Morgan fingerprint density at radius 2 is 1.44 bits per heavy atom. The molecular formula is C13H7Br3ClI. The fourth-order valence-electron chi connectivity index (χ4n) is 1.59. The van der Waals surface area contributed by atoms with Crippen LogP contribution in [0.4, 0.5) is 0 Å². The first kappa shape index (κ1) is 15.3. The number of rotatable bonds is 2. The molecule has 2 rings (SSSR count). The zero-order chi connectivity index (χ0) is 13.3. The summed E-state index contributed by atoms with van der Waals surface area (Å²) in [6, 6.07) is 12.2. The molecule has 0 saturated carbocycles. The highest BCUT2D eigenvalue weighted by atomic mass is 127. The van der Waals surface area contributed by atoms with Crippen LogP contribution >= 0.6 is 82.0 Å². The quantitative estimate of drug-likeness (QED) is 0.275. The molecule has 0 nitrogen and oxygen atoms in total. The smallest absolute Gasteiger partial charge is 0.0857 e. The lowest BCUT2D eigenvalue weighted by Gasteiger charge is -2.15. The maximum atomic E-state index is 6.60. The largest absolute Gasteiger partial charge is 0.113 e. The minimum Gasteiger partial charge on any atom is -0.113 e. The van der Waals surface area contributed by atoms with Gasteiger partial charge in [0.05, 0.1) is 5.38 Å². The molecule has 0 aromatic heterocycles. The van der Waals surface area contributed by atoms with Crippen LogP contribution in [0.5, 0.6) is 0 Å². The third kappa shape index (κ3) is 3.51. The van der Waals surface area contributed by atoms with E-state index in [4.69, 9.17) is 11.6 Å². The molecule has 0 saturated heterocycles. The molecule has 0 fully saturated rings. The van der Waals surface area contributed by atoms with Crippen molar-refractivity contribution < 1.29 is 0 Å². The van der Waals surface area contributed by atoms with E-state index in [1.54, 1.807) is 0 Å². The molecule has 0 aliphatic rings. The van der Waals surface area contributed by atoms with Gasteiger partial charge in [-0.1, -0.05) is 47.8 Å². The van der Waals surface area contributed by atoms with E-state index in [0.717, 1.165) is 24.5 Å². The number of hydrogen-bond acceptors (Lipinski definition) is 0. The van der Waals surface area contributed by atoms with Crippen LogP contribution in [0.1, 0.15) is 16.5 Å². The van der Waals surface area contributed by atoms with E-state index in [9.17, 15) is 0 Å². The van der Waals surface area contributed by atoms with Crippen LogP contribution in [0.15, 0.2) is 49.8 Å². The summed E-state index contributed by atoms with van der Waals surface area (Å²) in [4.78, 5) is 0. The molecule has 0 heterocycles. The third-order valence-electron chi connectivity index (χ3n) is 2.46. The van der Waals surface area contributed by atoms with Crippen LogP contribution in [0, 0.1) is 3.57 Å². The van der Waals surface area contributed by atoms with Gasteiger partial charge in [0, 0.05) is 17.0 Å². The summed E-state index contributed by atoms with van der Waals surface area (Å²) in [6.45, 7) is 0. The van der Waals surface area contributed by atoms with E-state index >= 15 is 0 Å². The molecule has 2 aromatic carbocycles. The zero-order valence-electron chi connectivity index (χ0n) is 8.93. The molecule has 0 aliphatic heterocycles. The van der Waals surface area contributed by atoms with Gasteiger partial charge in [0.1, 0.15) is 0 Å². The average molecular weight is 565 g/mol. The first-order valence-corrected chi connectivity index (χ1v) is 8.92. The highest BCUT2D eigenvalue weighted by Gasteiger charge is 2.17.